The van der Waals surface area contributed by atoms with Crippen LogP contribution in [0.15, 0.2) is 48.7 Å². The number of aromatic hydroxyl groups is 1. The fourth-order valence-electron chi connectivity index (χ4n) is 12.9. The molecule has 0 saturated carbocycles. The maximum Gasteiger partial charge on any atom is 0.409 e. The zero-order valence-electron chi connectivity index (χ0n) is 43.3. The number of hydrogen-bond donors (Lipinski definition) is 4. The van der Waals surface area contributed by atoms with Crippen LogP contribution in [0.4, 0.5) is 35.2 Å². The summed E-state index contributed by atoms with van der Waals surface area (Å²) < 4.78 is 60.4. The van der Waals surface area contributed by atoms with E-state index in [2.05, 4.69) is 35.3 Å². The smallest absolute Gasteiger partial charge is 0.409 e. The highest BCUT2D eigenvalue weighted by molar-refractivity contribution is 6.02. The van der Waals surface area contributed by atoms with Gasteiger partial charge in [-0.25, -0.2) is 18.0 Å². The summed E-state index contributed by atoms with van der Waals surface area (Å²) in [5.74, 6) is -1.52. The summed E-state index contributed by atoms with van der Waals surface area (Å²) >= 11 is 0. The number of amides is 3. The minimum atomic E-state index is -1.01. The third-order valence-corrected chi connectivity index (χ3v) is 16.9. The molecule has 8 heterocycles. The zero-order chi connectivity index (χ0) is 52.9. The Labute approximate surface area is 439 Å². The first kappa shape index (κ1) is 51.6. The third-order valence-electron chi connectivity index (χ3n) is 16.9. The van der Waals surface area contributed by atoms with Crippen LogP contribution in [0.2, 0.25) is 0 Å². The largest absolute Gasteiger partial charge is 0.508 e. The molecule has 6 aliphatic rings. The molecule has 0 aliphatic carbocycles. The number of nitrogens with zero attached hydrogens (tertiary/aromatic N) is 8. The predicted molar refractivity (Wildman–Crippen MR) is 281 cm³/mol. The van der Waals surface area contributed by atoms with E-state index in [1.54, 1.807) is 30.0 Å². The standard InChI is InChI=1S/C56H67F3N10O7/c1-3-39-42(57)8-6-35-26-38(70)28-40(47(35)39)49-48(59)50-41(29-60-49)51(68-18-4-15-55(2,74)32-68)64-53(63-50)76-33-56-16-5-19-69(56)37(12-17-56)31-75-54(73)67-24-22-65(23-25-67)30-34-13-20-66(21-14-34)45-10-7-36(27-43(45)58)61-44-9-11-46(71)62-52(44)72/h6-8,10,26-29,34,37,44,61,70,74H,3-5,9,11-25,30-33H2,1-2H3,(H,62,71,72)/t37-,44?,55-,56?/m1/s1. The molecule has 2 unspecified atom stereocenters. The second kappa shape index (κ2) is 21.1. The van der Waals surface area contributed by atoms with Gasteiger partial charge in [0.25, 0.3) is 0 Å². The van der Waals surface area contributed by atoms with Gasteiger partial charge in [-0.3, -0.25) is 29.7 Å². The van der Waals surface area contributed by atoms with Crippen molar-refractivity contribution in [1.82, 2.24) is 35.0 Å². The number of nitrogens with one attached hydrogen (secondary N) is 2. The highest BCUT2D eigenvalue weighted by Crippen LogP contribution is 2.44. The number of fused-ring (bicyclic) bond motifs is 3. The molecule has 6 fully saturated rings. The van der Waals surface area contributed by atoms with Crippen molar-refractivity contribution in [3.63, 3.8) is 0 Å². The van der Waals surface area contributed by atoms with E-state index >= 15 is 13.2 Å². The summed E-state index contributed by atoms with van der Waals surface area (Å²) in [6.45, 7) is 10.7. The summed E-state index contributed by atoms with van der Waals surface area (Å²) in [6, 6.07) is 10.2. The fourth-order valence-corrected chi connectivity index (χ4v) is 12.9. The number of aliphatic hydroxyl groups is 1. The van der Waals surface area contributed by atoms with Crippen LogP contribution in [0.5, 0.6) is 11.8 Å². The molecule has 2 aromatic heterocycles. The minimum Gasteiger partial charge on any atom is -0.508 e. The summed E-state index contributed by atoms with van der Waals surface area (Å²) in [4.78, 5) is 61.9. The molecule has 11 rings (SSSR count). The number of imide groups is 1. The first-order valence-corrected chi connectivity index (χ1v) is 27.1. The highest BCUT2D eigenvalue weighted by Gasteiger charge is 2.50. The first-order chi connectivity index (χ1) is 36.6. The topological polar surface area (TPSA) is 189 Å². The molecule has 4 N–H and O–H groups in total. The number of phenolic OH excluding ortho intramolecular Hbond substituents is 1. The van der Waals surface area contributed by atoms with Crippen LogP contribution >= 0.6 is 0 Å². The van der Waals surface area contributed by atoms with Crippen molar-refractivity contribution >= 4 is 56.8 Å². The Morgan fingerprint density at radius 3 is 2.46 bits per heavy atom. The number of halogens is 3. The number of carbonyl (C=O) groups is 3. The van der Waals surface area contributed by atoms with Crippen LogP contribution in [-0.2, 0) is 20.7 Å². The Kier molecular flexibility index (Phi) is 14.3. The van der Waals surface area contributed by atoms with Gasteiger partial charge in [0.1, 0.15) is 53.7 Å². The molecular weight excluding hydrogens is 982 g/mol. The third kappa shape index (κ3) is 10.4. The van der Waals surface area contributed by atoms with E-state index in [0.29, 0.717) is 90.2 Å². The number of hydrogen-bond acceptors (Lipinski definition) is 15. The normalized spacial score (nSPS) is 24.8. The lowest BCUT2D eigenvalue weighted by Gasteiger charge is -2.39. The van der Waals surface area contributed by atoms with Gasteiger partial charge in [-0.15, -0.1) is 0 Å². The van der Waals surface area contributed by atoms with Crippen molar-refractivity contribution in [3.8, 4) is 23.0 Å². The van der Waals surface area contributed by atoms with Gasteiger partial charge in [-0.2, -0.15) is 9.97 Å². The summed E-state index contributed by atoms with van der Waals surface area (Å²) in [7, 11) is 0. The molecule has 0 spiro atoms. The summed E-state index contributed by atoms with van der Waals surface area (Å²) in [6.07, 6.45) is 8.64. The Morgan fingerprint density at radius 1 is 0.895 bits per heavy atom. The number of ether oxygens (including phenoxy) is 2. The van der Waals surface area contributed by atoms with Crippen molar-refractivity contribution in [2.24, 2.45) is 5.92 Å². The molecule has 3 aromatic carbocycles. The molecular formula is C56H67F3N10O7. The number of phenols is 1. The second-order valence-corrected chi connectivity index (χ2v) is 22.1. The Balaban J connectivity index is 0.699. The van der Waals surface area contributed by atoms with E-state index in [0.717, 1.165) is 77.8 Å². The average molecular weight is 1050 g/mol. The van der Waals surface area contributed by atoms with E-state index in [4.69, 9.17) is 14.5 Å². The quantitative estimate of drug-likeness (QED) is 0.0871. The van der Waals surface area contributed by atoms with Gasteiger partial charge in [0.15, 0.2) is 5.82 Å². The molecule has 4 atom stereocenters. The van der Waals surface area contributed by atoms with Gasteiger partial charge < -0.3 is 39.7 Å². The van der Waals surface area contributed by atoms with Gasteiger partial charge in [-0.05, 0) is 136 Å². The van der Waals surface area contributed by atoms with Crippen molar-refractivity contribution in [3.05, 3.63) is 71.7 Å². The molecule has 6 saturated heterocycles. The lowest BCUT2D eigenvalue weighted by molar-refractivity contribution is -0.133. The minimum absolute atomic E-state index is 0.00665. The van der Waals surface area contributed by atoms with Crippen molar-refractivity contribution in [2.45, 2.75) is 108 Å². The van der Waals surface area contributed by atoms with Gasteiger partial charge >= 0.3 is 12.1 Å². The lowest BCUT2D eigenvalue weighted by Crippen LogP contribution is -2.51. The van der Waals surface area contributed by atoms with E-state index < -0.39 is 29.2 Å². The van der Waals surface area contributed by atoms with Crippen molar-refractivity contribution in [2.75, 3.05) is 93.8 Å². The average Bonchev–Trinajstić information content (AvgIpc) is 4.00. The SMILES string of the molecule is CCc1c(F)ccc2cc(O)cc(-c3ncc4c(N5CCC[C@@](C)(O)C5)nc(OCC56CCCN5[C@@H](COC(=O)N5CCN(CC7CCN(c8ccc(NC9CCC(=O)NC9=O)cc8F)CC7)CC5)CC6)nc4c3F)c12. The number of benzene rings is 3. The second-order valence-electron chi connectivity index (χ2n) is 22.1. The Bertz CT molecular complexity index is 3040. The number of piperazine rings is 1. The van der Waals surface area contributed by atoms with Gasteiger partial charge in [-0.1, -0.05) is 13.0 Å². The molecule has 6 aliphatic heterocycles. The molecule has 20 heteroatoms. The van der Waals surface area contributed by atoms with Crippen LogP contribution in [0.1, 0.15) is 83.6 Å². The van der Waals surface area contributed by atoms with Crippen LogP contribution in [0.3, 0.4) is 0 Å². The number of pyridine rings is 1. The molecule has 0 bridgehead atoms. The van der Waals surface area contributed by atoms with Gasteiger partial charge in [0, 0.05) is 88.8 Å². The molecule has 0 radical (unpaired) electrons. The van der Waals surface area contributed by atoms with E-state index in [1.165, 1.54) is 30.5 Å². The van der Waals surface area contributed by atoms with Crippen molar-refractivity contribution in [1.29, 1.82) is 0 Å². The monoisotopic (exact) mass is 1050 g/mol. The summed E-state index contributed by atoms with van der Waals surface area (Å²) in [5, 5.41) is 28.6. The Morgan fingerprint density at radius 2 is 1.70 bits per heavy atom. The predicted octanol–water partition coefficient (Wildman–Crippen LogP) is 7.15. The molecule has 404 valence electrons. The van der Waals surface area contributed by atoms with Crippen LogP contribution < -0.4 is 25.2 Å². The number of β-amino-alcohol motifs (C(OH)–C–C–N with tert-alkyl or cyclic N) is 1. The molecule has 5 aromatic rings. The van der Waals surface area contributed by atoms with Gasteiger partial charge in [0.05, 0.1) is 22.2 Å². The lowest BCUT2D eigenvalue weighted by atomic mass is 9.94. The van der Waals surface area contributed by atoms with Gasteiger partial charge in [0.2, 0.25) is 11.8 Å². The molecule has 76 heavy (non-hydrogen) atoms. The first-order valence-electron chi connectivity index (χ1n) is 27.1. The number of anilines is 3. The maximum absolute atomic E-state index is 17.2. The maximum atomic E-state index is 17.2. The van der Waals surface area contributed by atoms with Crippen molar-refractivity contribution < 1.29 is 47.2 Å². The Hall–Kier alpha value is -6.51. The highest BCUT2D eigenvalue weighted by atomic mass is 19.1. The number of aromatic nitrogens is 3. The molecule has 3 amide bonds. The number of rotatable bonds is 13. The number of piperidine rings is 3. The number of aryl methyl sites for hydroxylation is 1. The number of carbonyl (C=O) groups excluding carboxylic acids is 3. The van der Waals surface area contributed by atoms with E-state index in [-0.39, 0.29) is 84.1 Å². The fraction of sp³-hybridized carbons (Fsp3) is 0.536. The van der Waals surface area contributed by atoms with Crippen LogP contribution in [0.25, 0.3) is 32.9 Å². The van der Waals surface area contributed by atoms with E-state index in [1.807, 2.05) is 11.8 Å². The van der Waals surface area contributed by atoms with Crippen LogP contribution in [-0.4, -0.2) is 160 Å². The summed E-state index contributed by atoms with van der Waals surface area (Å²) in [5.41, 5.74) is 0.148. The molecule has 17 nitrogen and oxygen atoms in total. The van der Waals surface area contributed by atoms with Crippen LogP contribution in [0, 0.1) is 23.4 Å². The van der Waals surface area contributed by atoms with E-state index in [9.17, 15) is 24.6 Å². The zero-order valence-corrected chi connectivity index (χ0v) is 43.3.